The van der Waals surface area contributed by atoms with E-state index < -0.39 is 0 Å². The highest BCUT2D eigenvalue weighted by Gasteiger charge is 2.39. The number of nitrogens with one attached hydrogen (secondary N) is 2. The van der Waals surface area contributed by atoms with Gasteiger partial charge in [0.05, 0.1) is 12.6 Å². The van der Waals surface area contributed by atoms with Crippen molar-refractivity contribution in [3.05, 3.63) is 48.3 Å². The van der Waals surface area contributed by atoms with Crippen LogP contribution in [0.4, 0.5) is 0 Å². The number of pyridine rings is 1. The Morgan fingerprint density at radius 3 is 2.63 bits per heavy atom. The molecule has 8 nitrogen and oxygen atoms in total. The summed E-state index contributed by atoms with van der Waals surface area (Å²) in [4.78, 5) is 40.7. The highest BCUT2D eigenvalue weighted by molar-refractivity contribution is 5.94. The second kappa shape index (κ2) is 8.77. The molecule has 0 bridgehead atoms. The predicted molar refractivity (Wildman–Crippen MR) is 101 cm³/mol. The molecule has 2 N–H and O–H groups in total. The maximum absolute atomic E-state index is 13.0. The molecule has 27 heavy (non-hydrogen) atoms. The number of H-pyrrole nitrogens is 1. The van der Waals surface area contributed by atoms with Crippen LogP contribution in [-0.4, -0.2) is 68.3 Å². The van der Waals surface area contributed by atoms with E-state index in [-0.39, 0.29) is 23.9 Å². The van der Waals surface area contributed by atoms with E-state index >= 15 is 0 Å². The highest BCUT2D eigenvalue weighted by Crippen LogP contribution is 2.22. The largest absolute Gasteiger partial charge is 0.348 e. The number of imidazole rings is 1. The standard InChI is InChI=1S/C19H26N6O2/c1-3-24(4-2)19(27)16-11-15(12-25(16)13-17-21-9-10-22-17)23-18(26)14-5-7-20-8-6-14/h5-10,15-16H,3-4,11-13H2,1-2H3,(H,21,22)(H,23,26)/t15-,16-/m0/s1. The van der Waals surface area contributed by atoms with Gasteiger partial charge < -0.3 is 15.2 Å². The van der Waals surface area contributed by atoms with Crippen LogP contribution in [0.2, 0.25) is 0 Å². The Morgan fingerprint density at radius 2 is 2.00 bits per heavy atom. The molecular weight excluding hydrogens is 344 g/mol. The van der Waals surface area contributed by atoms with Gasteiger partial charge >= 0.3 is 0 Å². The monoisotopic (exact) mass is 370 g/mol. The van der Waals surface area contributed by atoms with Crippen molar-refractivity contribution in [1.29, 1.82) is 0 Å². The van der Waals surface area contributed by atoms with Gasteiger partial charge in [0.25, 0.3) is 5.91 Å². The minimum Gasteiger partial charge on any atom is -0.348 e. The number of carbonyl (C=O) groups excluding carboxylic acids is 2. The summed E-state index contributed by atoms with van der Waals surface area (Å²) >= 11 is 0. The zero-order chi connectivity index (χ0) is 19.2. The minimum atomic E-state index is -0.266. The average Bonchev–Trinajstić information content (AvgIpc) is 3.33. The molecule has 1 fully saturated rings. The minimum absolute atomic E-state index is 0.0925. The molecule has 0 saturated carbocycles. The fourth-order valence-electron chi connectivity index (χ4n) is 3.53. The molecule has 3 heterocycles. The van der Waals surface area contributed by atoms with Gasteiger partial charge in [0.2, 0.25) is 5.91 Å². The van der Waals surface area contributed by atoms with Crippen LogP contribution in [-0.2, 0) is 11.3 Å². The molecule has 2 atom stereocenters. The molecule has 3 rings (SSSR count). The van der Waals surface area contributed by atoms with Crippen LogP contribution in [0.1, 0.15) is 36.5 Å². The second-order valence-corrected chi connectivity index (χ2v) is 6.63. The number of hydrogen-bond donors (Lipinski definition) is 2. The van der Waals surface area contributed by atoms with E-state index in [1.54, 1.807) is 36.9 Å². The topological polar surface area (TPSA) is 94.2 Å². The summed E-state index contributed by atoms with van der Waals surface area (Å²) in [7, 11) is 0. The first-order valence-corrected chi connectivity index (χ1v) is 9.34. The molecule has 1 aliphatic rings. The number of amides is 2. The van der Waals surface area contributed by atoms with Crippen molar-refractivity contribution in [2.24, 2.45) is 0 Å². The predicted octanol–water partition coefficient (Wildman–Crippen LogP) is 1.05. The molecule has 0 spiro atoms. The molecule has 0 aromatic carbocycles. The highest BCUT2D eigenvalue weighted by atomic mass is 16.2. The van der Waals surface area contributed by atoms with E-state index in [1.807, 2.05) is 18.7 Å². The van der Waals surface area contributed by atoms with Crippen LogP contribution in [0.15, 0.2) is 36.9 Å². The molecular formula is C19H26N6O2. The Morgan fingerprint density at radius 1 is 1.26 bits per heavy atom. The summed E-state index contributed by atoms with van der Waals surface area (Å²) in [5.41, 5.74) is 0.570. The Labute approximate surface area is 159 Å². The van der Waals surface area contributed by atoms with Gasteiger partial charge in [-0.2, -0.15) is 0 Å². The fourth-order valence-corrected chi connectivity index (χ4v) is 3.53. The first kappa shape index (κ1) is 19.0. The number of aromatic amines is 1. The van der Waals surface area contributed by atoms with Crippen molar-refractivity contribution in [1.82, 2.24) is 30.1 Å². The summed E-state index contributed by atoms with van der Waals surface area (Å²) < 4.78 is 0. The van der Waals surface area contributed by atoms with Crippen molar-refractivity contribution < 1.29 is 9.59 Å². The van der Waals surface area contributed by atoms with E-state index in [1.165, 1.54) is 0 Å². The number of aromatic nitrogens is 3. The van der Waals surface area contributed by atoms with Gasteiger partial charge in [0.15, 0.2) is 0 Å². The quantitative estimate of drug-likeness (QED) is 0.760. The number of likely N-dealkylation sites (tertiary alicyclic amines) is 1. The van der Waals surface area contributed by atoms with Crippen molar-refractivity contribution in [2.45, 2.75) is 38.9 Å². The fraction of sp³-hybridized carbons (Fsp3) is 0.474. The van der Waals surface area contributed by atoms with Crippen LogP contribution in [0.25, 0.3) is 0 Å². The smallest absolute Gasteiger partial charge is 0.251 e. The van der Waals surface area contributed by atoms with E-state index in [2.05, 4.69) is 25.2 Å². The van der Waals surface area contributed by atoms with Crippen molar-refractivity contribution in [3.63, 3.8) is 0 Å². The third kappa shape index (κ3) is 4.51. The first-order chi connectivity index (χ1) is 13.1. The van der Waals surface area contributed by atoms with Gasteiger partial charge in [-0.3, -0.25) is 19.5 Å². The van der Waals surface area contributed by atoms with Gasteiger partial charge in [0, 0.05) is 56.0 Å². The van der Waals surface area contributed by atoms with Crippen LogP contribution < -0.4 is 5.32 Å². The third-order valence-electron chi connectivity index (χ3n) is 4.95. The maximum atomic E-state index is 13.0. The number of nitrogens with zero attached hydrogens (tertiary/aromatic N) is 4. The Hall–Kier alpha value is -2.74. The van der Waals surface area contributed by atoms with Gasteiger partial charge in [-0.15, -0.1) is 0 Å². The summed E-state index contributed by atoms with van der Waals surface area (Å²) in [6.45, 7) is 6.47. The third-order valence-corrected chi connectivity index (χ3v) is 4.95. The molecule has 2 amide bonds. The van der Waals surface area contributed by atoms with Crippen molar-refractivity contribution in [3.8, 4) is 0 Å². The summed E-state index contributed by atoms with van der Waals surface area (Å²) in [5.74, 6) is 0.775. The zero-order valence-electron chi connectivity index (χ0n) is 15.8. The van der Waals surface area contributed by atoms with Crippen LogP contribution >= 0.6 is 0 Å². The molecule has 0 radical (unpaired) electrons. The van der Waals surface area contributed by atoms with Crippen molar-refractivity contribution >= 4 is 11.8 Å². The molecule has 0 aliphatic carbocycles. The lowest BCUT2D eigenvalue weighted by Crippen LogP contribution is -2.45. The summed E-state index contributed by atoms with van der Waals surface area (Å²) in [5, 5.41) is 3.05. The number of rotatable bonds is 7. The molecule has 2 aromatic rings. The molecule has 0 unspecified atom stereocenters. The Balaban J connectivity index is 1.72. The van der Waals surface area contributed by atoms with E-state index in [9.17, 15) is 9.59 Å². The van der Waals surface area contributed by atoms with Crippen LogP contribution in [0.5, 0.6) is 0 Å². The van der Waals surface area contributed by atoms with Crippen molar-refractivity contribution in [2.75, 3.05) is 19.6 Å². The zero-order valence-corrected chi connectivity index (χ0v) is 15.8. The number of likely N-dealkylation sites (N-methyl/N-ethyl adjacent to an activating group) is 1. The van der Waals surface area contributed by atoms with E-state index in [0.29, 0.717) is 38.2 Å². The molecule has 1 saturated heterocycles. The number of carbonyl (C=O) groups is 2. The Kier molecular flexibility index (Phi) is 6.18. The normalized spacial score (nSPS) is 19.8. The molecule has 8 heteroatoms. The van der Waals surface area contributed by atoms with Gasteiger partial charge in [0.1, 0.15) is 5.82 Å². The van der Waals surface area contributed by atoms with E-state index in [0.717, 1.165) is 5.82 Å². The molecule has 2 aromatic heterocycles. The lowest BCUT2D eigenvalue weighted by molar-refractivity contribution is -0.135. The van der Waals surface area contributed by atoms with E-state index in [4.69, 9.17) is 0 Å². The average molecular weight is 370 g/mol. The summed E-state index contributed by atoms with van der Waals surface area (Å²) in [6, 6.07) is 3.01. The Bertz CT molecular complexity index is 745. The molecule has 144 valence electrons. The van der Waals surface area contributed by atoms with Crippen LogP contribution in [0, 0.1) is 0 Å². The second-order valence-electron chi connectivity index (χ2n) is 6.63. The van der Waals surface area contributed by atoms with Gasteiger partial charge in [-0.1, -0.05) is 0 Å². The lowest BCUT2D eigenvalue weighted by Gasteiger charge is -2.28. The lowest BCUT2D eigenvalue weighted by atomic mass is 10.1. The van der Waals surface area contributed by atoms with Gasteiger partial charge in [-0.05, 0) is 32.4 Å². The number of hydrogen-bond acceptors (Lipinski definition) is 5. The molecule has 1 aliphatic heterocycles. The maximum Gasteiger partial charge on any atom is 0.251 e. The first-order valence-electron chi connectivity index (χ1n) is 9.34. The van der Waals surface area contributed by atoms with Crippen LogP contribution in [0.3, 0.4) is 0 Å². The summed E-state index contributed by atoms with van der Waals surface area (Å²) in [6.07, 6.45) is 7.26. The van der Waals surface area contributed by atoms with Gasteiger partial charge in [-0.25, -0.2) is 4.98 Å². The SMILES string of the molecule is CCN(CC)C(=O)[C@@H]1C[C@H](NC(=O)c2ccncc2)CN1Cc1ncc[nH]1.